The second kappa shape index (κ2) is 2.69. The fourth-order valence-corrected chi connectivity index (χ4v) is 1.31. The zero-order chi connectivity index (χ0) is 10.3. The number of nitrogens with zero attached hydrogens (tertiary/aromatic N) is 1. The topological polar surface area (TPSA) is 92.0 Å². The van der Waals surface area contributed by atoms with Gasteiger partial charge in [0.25, 0.3) is 0 Å². The Morgan fingerprint density at radius 3 is 2.93 bits per heavy atom. The van der Waals surface area contributed by atoms with Gasteiger partial charge in [-0.25, -0.2) is 9.18 Å². The number of nitrogens with two attached hydrogens (primary N) is 1. The Kier molecular flexibility index (Phi) is 1.63. The van der Waals surface area contributed by atoms with Gasteiger partial charge in [-0.2, -0.15) is 5.10 Å². The summed E-state index contributed by atoms with van der Waals surface area (Å²) in [5, 5.41) is 14.9. The Hall–Kier alpha value is -2.11. The average molecular weight is 195 g/mol. The summed E-state index contributed by atoms with van der Waals surface area (Å²) in [7, 11) is 0. The summed E-state index contributed by atoms with van der Waals surface area (Å²) in [5.41, 5.74) is 5.62. The maximum Gasteiger partial charge on any atom is 0.357 e. The number of aromatic amines is 1. The van der Waals surface area contributed by atoms with Crippen molar-refractivity contribution in [3.8, 4) is 0 Å². The van der Waals surface area contributed by atoms with E-state index in [2.05, 4.69) is 10.2 Å². The normalized spacial score (nSPS) is 10.6. The Morgan fingerprint density at radius 2 is 2.29 bits per heavy atom. The molecule has 0 bridgehead atoms. The van der Waals surface area contributed by atoms with Gasteiger partial charge in [-0.15, -0.1) is 0 Å². The first-order valence-electron chi connectivity index (χ1n) is 3.76. The van der Waals surface area contributed by atoms with Crippen molar-refractivity contribution in [2.75, 3.05) is 5.73 Å². The number of anilines is 1. The molecule has 0 saturated carbocycles. The van der Waals surface area contributed by atoms with Crippen molar-refractivity contribution in [3.63, 3.8) is 0 Å². The third kappa shape index (κ3) is 1.08. The van der Waals surface area contributed by atoms with Gasteiger partial charge in [-0.3, -0.25) is 5.10 Å². The molecule has 0 radical (unpaired) electrons. The first-order chi connectivity index (χ1) is 6.59. The van der Waals surface area contributed by atoms with Crippen LogP contribution in [0, 0.1) is 5.82 Å². The van der Waals surface area contributed by atoms with Crippen LogP contribution in [0.5, 0.6) is 0 Å². The van der Waals surface area contributed by atoms with Crippen LogP contribution in [0.1, 0.15) is 10.5 Å². The number of halogens is 1. The van der Waals surface area contributed by atoms with E-state index >= 15 is 0 Å². The van der Waals surface area contributed by atoms with Gasteiger partial charge in [-0.05, 0) is 12.1 Å². The maximum absolute atomic E-state index is 12.8. The van der Waals surface area contributed by atoms with Crippen LogP contribution in [-0.4, -0.2) is 21.3 Å². The smallest absolute Gasteiger partial charge is 0.357 e. The summed E-state index contributed by atoms with van der Waals surface area (Å²) in [5.74, 6) is -1.73. The minimum Gasteiger partial charge on any atom is -0.476 e. The molecule has 0 aliphatic heterocycles. The highest BCUT2D eigenvalue weighted by molar-refractivity contribution is 6.06. The third-order valence-electron chi connectivity index (χ3n) is 1.86. The van der Waals surface area contributed by atoms with E-state index in [9.17, 15) is 9.18 Å². The lowest BCUT2D eigenvalue weighted by Gasteiger charge is -1.96. The summed E-state index contributed by atoms with van der Waals surface area (Å²) in [6.07, 6.45) is 0. The summed E-state index contributed by atoms with van der Waals surface area (Å²) >= 11 is 0. The Labute approximate surface area is 77.3 Å². The molecular formula is C8H6FN3O2. The first-order valence-corrected chi connectivity index (χ1v) is 3.76. The van der Waals surface area contributed by atoms with E-state index in [4.69, 9.17) is 10.8 Å². The van der Waals surface area contributed by atoms with Crippen LogP contribution in [0.2, 0.25) is 0 Å². The SMILES string of the molecule is Nc1cc(F)cc2[nH]nc(C(=O)O)c12. The number of carboxylic acids is 1. The van der Waals surface area contributed by atoms with Gasteiger partial charge in [0.2, 0.25) is 0 Å². The van der Waals surface area contributed by atoms with Crippen molar-refractivity contribution >= 4 is 22.6 Å². The number of hydrogen-bond acceptors (Lipinski definition) is 3. The molecule has 4 N–H and O–H groups in total. The molecule has 0 fully saturated rings. The summed E-state index contributed by atoms with van der Waals surface area (Å²) < 4.78 is 12.8. The lowest BCUT2D eigenvalue weighted by Crippen LogP contribution is -1.99. The number of benzene rings is 1. The molecule has 0 aliphatic rings. The standard InChI is InChI=1S/C8H6FN3O2/c9-3-1-4(10)6-5(2-3)11-12-7(6)8(13)14/h1-2H,10H2,(H,11,12)(H,13,14). The van der Waals surface area contributed by atoms with E-state index in [1.807, 2.05) is 0 Å². The number of fused-ring (bicyclic) bond motifs is 1. The Morgan fingerprint density at radius 1 is 1.57 bits per heavy atom. The van der Waals surface area contributed by atoms with Crippen LogP contribution in [0.4, 0.5) is 10.1 Å². The van der Waals surface area contributed by atoms with E-state index < -0.39 is 11.8 Å². The molecule has 0 unspecified atom stereocenters. The van der Waals surface area contributed by atoms with Crippen molar-refractivity contribution < 1.29 is 14.3 Å². The minimum absolute atomic E-state index is 0.0613. The van der Waals surface area contributed by atoms with E-state index in [0.717, 1.165) is 12.1 Å². The van der Waals surface area contributed by atoms with Crippen LogP contribution in [0.15, 0.2) is 12.1 Å². The van der Waals surface area contributed by atoms with Crippen molar-refractivity contribution in [1.82, 2.24) is 10.2 Å². The van der Waals surface area contributed by atoms with Crippen molar-refractivity contribution in [2.45, 2.75) is 0 Å². The molecule has 1 aromatic heterocycles. The monoisotopic (exact) mass is 195 g/mol. The largest absolute Gasteiger partial charge is 0.476 e. The molecule has 0 saturated heterocycles. The number of aromatic nitrogens is 2. The molecule has 0 amide bonds. The Balaban J connectivity index is 2.85. The van der Waals surface area contributed by atoms with Gasteiger partial charge < -0.3 is 10.8 Å². The molecule has 1 heterocycles. The van der Waals surface area contributed by atoms with Gasteiger partial charge in [-0.1, -0.05) is 0 Å². The number of aromatic carboxylic acids is 1. The number of carbonyl (C=O) groups is 1. The number of carboxylic acid groups (broad SMARTS) is 1. The molecule has 0 aliphatic carbocycles. The van der Waals surface area contributed by atoms with E-state index in [1.54, 1.807) is 0 Å². The number of rotatable bonds is 1. The highest BCUT2D eigenvalue weighted by atomic mass is 19.1. The highest BCUT2D eigenvalue weighted by Gasteiger charge is 2.15. The lowest BCUT2D eigenvalue weighted by atomic mass is 10.1. The fourth-order valence-electron chi connectivity index (χ4n) is 1.31. The molecule has 5 nitrogen and oxygen atoms in total. The van der Waals surface area contributed by atoms with E-state index in [1.165, 1.54) is 0 Å². The van der Waals surface area contributed by atoms with E-state index in [-0.39, 0.29) is 22.3 Å². The number of H-pyrrole nitrogens is 1. The lowest BCUT2D eigenvalue weighted by molar-refractivity contribution is 0.0692. The quantitative estimate of drug-likeness (QED) is 0.591. The van der Waals surface area contributed by atoms with Crippen LogP contribution in [0.25, 0.3) is 10.9 Å². The molecule has 2 aromatic rings. The molecule has 1 aromatic carbocycles. The van der Waals surface area contributed by atoms with Gasteiger partial charge in [0.15, 0.2) is 5.69 Å². The molecule has 2 rings (SSSR count). The molecule has 6 heteroatoms. The van der Waals surface area contributed by atoms with Crippen LogP contribution >= 0.6 is 0 Å². The fraction of sp³-hybridized carbons (Fsp3) is 0. The molecule has 0 spiro atoms. The predicted octanol–water partition coefficient (Wildman–Crippen LogP) is 0.982. The zero-order valence-corrected chi connectivity index (χ0v) is 6.91. The first kappa shape index (κ1) is 8.49. The third-order valence-corrected chi connectivity index (χ3v) is 1.86. The predicted molar refractivity (Wildman–Crippen MR) is 47.4 cm³/mol. The van der Waals surface area contributed by atoms with Crippen molar-refractivity contribution in [3.05, 3.63) is 23.6 Å². The number of nitrogen functional groups attached to an aromatic ring is 1. The van der Waals surface area contributed by atoms with Gasteiger partial charge >= 0.3 is 5.97 Å². The molecular weight excluding hydrogens is 189 g/mol. The van der Waals surface area contributed by atoms with E-state index in [0.29, 0.717) is 0 Å². The zero-order valence-electron chi connectivity index (χ0n) is 6.91. The minimum atomic E-state index is -1.20. The van der Waals surface area contributed by atoms with Gasteiger partial charge in [0, 0.05) is 5.69 Å². The molecule has 14 heavy (non-hydrogen) atoms. The summed E-state index contributed by atoms with van der Waals surface area (Å²) in [6.45, 7) is 0. The highest BCUT2D eigenvalue weighted by Crippen LogP contribution is 2.23. The van der Waals surface area contributed by atoms with Crippen molar-refractivity contribution in [2.24, 2.45) is 0 Å². The van der Waals surface area contributed by atoms with Gasteiger partial charge in [0.1, 0.15) is 5.82 Å². The summed E-state index contributed by atoms with van der Waals surface area (Å²) in [6, 6.07) is 2.20. The van der Waals surface area contributed by atoms with Gasteiger partial charge in [0.05, 0.1) is 10.9 Å². The average Bonchev–Trinajstić information content (AvgIpc) is 2.47. The maximum atomic E-state index is 12.8. The molecule has 0 atom stereocenters. The van der Waals surface area contributed by atoms with Crippen LogP contribution < -0.4 is 5.73 Å². The van der Waals surface area contributed by atoms with Crippen LogP contribution in [0.3, 0.4) is 0 Å². The Bertz CT molecular complexity index is 521. The molecule has 72 valence electrons. The number of nitrogens with one attached hydrogen (secondary N) is 1. The second-order valence-corrected chi connectivity index (χ2v) is 2.79. The van der Waals surface area contributed by atoms with Crippen molar-refractivity contribution in [1.29, 1.82) is 0 Å². The van der Waals surface area contributed by atoms with Crippen LogP contribution in [-0.2, 0) is 0 Å². The number of hydrogen-bond donors (Lipinski definition) is 3. The second-order valence-electron chi connectivity index (χ2n) is 2.79. The summed E-state index contributed by atoms with van der Waals surface area (Å²) in [4.78, 5) is 10.7.